The van der Waals surface area contributed by atoms with Gasteiger partial charge in [-0.05, 0) is 44.6 Å². The second kappa shape index (κ2) is 8.55. The summed E-state index contributed by atoms with van der Waals surface area (Å²) in [5.74, 6) is 0. The van der Waals surface area contributed by atoms with E-state index >= 15 is 0 Å². The van der Waals surface area contributed by atoms with E-state index in [4.69, 9.17) is 0 Å². The molecule has 0 unspecified atom stereocenters. The Kier molecular flexibility index (Phi) is 6.74. The Bertz CT molecular complexity index is 228. The van der Waals surface area contributed by atoms with Crippen LogP contribution < -0.4 is 0 Å². The van der Waals surface area contributed by atoms with E-state index in [1.807, 2.05) is 6.08 Å². The summed E-state index contributed by atoms with van der Waals surface area (Å²) >= 11 is 0. The van der Waals surface area contributed by atoms with E-state index in [1.54, 1.807) is 0 Å². The summed E-state index contributed by atoms with van der Waals surface area (Å²) in [6.07, 6.45) is 25.5. The molecule has 1 rings (SSSR count). The zero-order chi connectivity index (χ0) is 9.90. The van der Waals surface area contributed by atoms with Gasteiger partial charge in [-0.1, -0.05) is 42.5 Å². The van der Waals surface area contributed by atoms with E-state index in [9.17, 15) is 0 Å². The van der Waals surface area contributed by atoms with Crippen LogP contribution in [0.3, 0.4) is 0 Å². The molecule has 0 aliphatic heterocycles. The van der Waals surface area contributed by atoms with Crippen LogP contribution in [0, 0.1) is 6.08 Å². The predicted octanol–water partition coefficient (Wildman–Crippen LogP) is 4.37. The number of hydrogen-bond donors (Lipinski definition) is 0. The van der Waals surface area contributed by atoms with Gasteiger partial charge in [0.1, 0.15) is 0 Å². The molecule has 1 radical (unpaired) electrons. The maximum absolute atomic E-state index is 3.26. The molecule has 75 valence electrons. The van der Waals surface area contributed by atoms with Crippen molar-refractivity contribution in [3.63, 3.8) is 0 Å². The SMILES string of the molecule is [C]1=CC=CCCCC=CCC=CCC1. The standard InChI is InChI=1S/C14H19/c1-2-4-6-8-10-12-14-13-11-9-7-5-3-1/h1-3,10-13H,4,6-9,14H2. The zero-order valence-corrected chi connectivity index (χ0v) is 8.78. The van der Waals surface area contributed by atoms with Crippen LogP contribution in [-0.4, -0.2) is 0 Å². The molecule has 0 aromatic carbocycles. The van der Waals surface area contributed by atoms with Crippen molar-refractivity contribution in [2.45, 2.75) is 38.5 Å². The van der Waals surface area contributed by atoms with Crippen molar-refractivity contribution in [2.75, 3.05) is 0 Å². The topological polar surface area (TPSA) is 0 Å². The predicted molar refractivity (Wildman–Crippen MR) is 62.9 cm³/mol. The van der Waals surface area contributed by atoms with Gasteiger partial charge in [-0.3, -0.25) is 0 Å². The summed E-state index contributed by atoms with van der Waals surface area (Å²) in [5.41, 5.74) is 0. The average molecular weight is 187 g/mol. The number of hydrogen-bond acceptors (Lipinski definition) is 0. The Balaban J connectivity index is 2.34. The monoisotopic (exact) mass is 187 g/mol. The van der Waals surface area contributed by atoms with Crippen LogP contribution in [0.2, 0.25) is 0 Å². The Morgan fingerprint density at radius 2 is 1.57 bits per heavy atom. The molecule has 14 heavy (non-hydrogen) atoms. The molecule has 0 aromatic heterocycles. The summed E-state index contributed by atoms with van der Waals surface area (Å²) in [6, 6.07) is 0. The molecule has 1 aliphatic carbocycles. The third-order valence-electron chi connectivity index (χ3n) is 2.15. The maximum Gasteiger partial charge on any atom is -0.0169 e. The minimum atomic E-state index is 1.03. The first kappa shape index (κ1) is 11.0. The van der Waals surface area contributed by atoms with Gasteiger partial charge in [0, 0.05) is 0 Å². The van der Waals surface area contributed by atoms with Crippen LogP contribution in [0.4, 0.5) is 0 Å². The lowest BCUT2D eigenvalue weighted by Crippen LogP contribution is -1.71. The summed E-state index contributed by atoms with van der Waals surface area (Å²) in [6.45, 7) is 0. The van der Waals surface area contributed by atoms with E-state index in [2.05, 4.69) is 42.5 Å². The van der Waals surface area contributed by atoms with Gasteiger partial charge < -0.3 is 0 Å². The van der Waals surface area contributed by atoms with Gasteiger partial charge in [0.25, 0.3) is 0 Å². The molecule has 0 aromatic rings. The van der Waals surface area contributed by atoms with Gasteiger partial charge in [-0.15, -0.1) is 0 Å². The van der Waals surface area contributed by atoms with E-state index in [1.165, 1.54) is 19.3 Å². The van der Waals surface area contributed by atoms with Crippen LogP contribution in [0.25, 0.3) is 0 Å². The van der Waals surface area contributed by atoms with Crippen molar-refractivity contribution in [2.24, 2.45) is 0 Å². The van der Waals surface area contributed by atoms with Crippen molar-refractivity contribution in [3.05, 3.63) is 48.6 Å². The minimum absolute atomic E-state index is 1.03. The van der Waals surface area contributed by atoms with Crippen molar-refractivity contribution < 1.29 is 0 Å². The minimum Gasteiger partial charge on any atom is -0.0882 e. The first-order chi connectivity index (χ1) is 7.00. The molecule has 0 heteroatoms. The van der Waals surface area contributed by atoms with Gasteiger partial charge >= 0.3 is 0 Å². The Labute approximate surface area is 87.7 Å². The van der Waals surface area contributed by atoms with Crippen LogP contribution in [0.15, 0.2) is 42.5 Å². The van der Waals surface area contributed by atoms with Gasteiger partial charge in [-0.2, -0.15) is 0 Å². The fourth-order valence-corrected chi connectivity index (χ4v) is 1.34. The van der Waals surface area contributed by atoms with Crippen molar-refractivity contribution in [1.82, 2.24) is 0 Å². The highest BCUT2D eigenvalue weighted by Crippen LogP contribution is 2.01. The summed E-state index contributed by atoms with van der Waals surface area (Å²) < 4.78 is 0. The average Bonchev–Trinajstić information content (AvgIpc) is 2.22. The molecule has 0 N–H and O–H groups in total. The molecule has 0 fully saturated rings. The third-order valence-corrected chi connectivity index (χ3v) is 2.15. The largest absolute Gasteiger partial charge is 0.0882 e. The molecule has 0 spiro atoms. The highest BCUT2D eigenvalue weighted by Gasteiger charge is 1.81. The molecular weight excluding hydrogens is 168 g/mol. The van der Waals surface area contributed by atoms with Crippen LogP contribution in [0.1, 0.15) is 38.5 Å². The molecular formula is C14H19. The fourth-order valence-electron chi connectivity index (χ4n) is 1.34. The van der Waals surface area contributed by atoms with Gasteiger partial charge in [0.15, 0.2) is 0 Å². The number of rotatable bonds is 0. The lowest BCUT2D eigenvalue weighted by Gasteiger charge is -1.91. The second-order valence-electron chi connectivity index (χ2n) is 3.45. The Morgan fingerprint density at radius 1 is 0.786 bits per heavy atom. The highest BCUT2D eigenvalue weighted by molar-refractivity contribution is 5.00. The zero-order valence-electron chi connectivity index (χ0n) is 8.78. The molecule has 0 heterocycles. The van der Waals surface area contributed by atoms with Gasteiger partial charge in [0.05, 0.1) is 0 Å². The summed E-state index contributed by atoms with van der Waals surface area (Å²) in [4.78, 5) is 0. The van der Waals surface area contributed by atoms with Crippen LogP contribution >= 0.6 is 0 Å². The lowest BCUT2D eigenvalue weighted by molar-refractivity contribution is 0.865. The second-order valence-corrected chi connectivity index (χ2v) is 3.45. The quantitative estimate of drug-likeness (QED) is 0.494. The van der Waals surface area contributed by atoms with E-state index in [0.29, 0.717) is 0 Å². The third kappa shape index (κ3) is 6.47. The van der Waals surface area contributed by atoms with Crippen molar-refractivity contribution in [3.8, 4) is 0 Å². The molecule has 0 atom stereocenters. The smallest absolute Gasteiger partial charge is 0.0169 e. The molecule has 0 bridgehead atoms. The first-order valence-corrected chi connectivity index (χ1v) is 5.52. The van der Waals surface area contributed by atoms with Crippen molar-refractivity contribution in [1.29, 1.82) is 0 Å². The normalized spacial score (nSPS) is 19.4. The van der Waals surface area contributed by atoms with E-state index in [0.717, 1.165) is 19.3 Å². The molecule has 0 nitrogen and oxygen atoms in total. The number of allylic oxidation sites excluding steroid dienone is 8. The van der Waals surface area contributed by atoms with Crippen molar-refractivity contribution >= 4 is 0 Å². The fraction of sp³-hybridized carbons (Fsp3) is 0.429. The summed E-state index contributed by atoms with van der Waals surface area (Å²) in [5, 5.41) is 0. The van der Waals surface area contributed by atoms with Gasteiger partial charge in [-0.25, -0.2) is 0 Å². The van der Waals surface area contributed by atoms with E-state index in [-0.39, 0.29) is 0 Å². The molecule has 1 aliphatic rings. The molecule has 0 saturated carbocycles. The first-order valence-electron chi connectivity index (χ1n) is 5.52. The Morgan fingerprint density at radius 3 is 2.50 bits per heavy atom. The van der Waals surface area contributed by atoms with E-state index < -0.39 is 0 Å². The van der Waals surface area contributed by atoms with Crippen LogP contribution in [-0.2, 0) is 0 Å². The van der Waals surface area contributed by atoms with Crippen LogP contribution in [0.5, 0.6) is 0 Å². The maximum atomic E-state index is 3.26. The molecule has 0 saturated heterocycles. The lowest BCUT2D eigenvalue weighted by atomic mass is 10.2. The highest BCUT2D eigenvalue weighted by atomic mass is 13.9. The molecule has 0 amide bonds. The summed E-state index contributed by atoms with van der Waals surface area (Å²) in [7, 11) is 0. The Hall–Kier alpha value is -1.04. The van der Waals surface area contributed by atoms with Gasteiger partial charge in [0.2, 0.25) is 0 Å².